The highest BCUT2D eigenvalue weighted by atomic mass is 16.5. The topological polar surface area (TPSA) is 58.6 Å². The molecule has 3 rings (SSSR count). The number of amides is 2. The largest absolute Gasteiger partial charge is 0.496 e. The Hall–Kier alpha value is -2.82. The molecule has 29 heavy (non-hydrogen) atoms. The number of carbonyl (C=O) groups excluding carboxylic acids is 2. The third-order valence-corrected chi connectivity index (χ3v) is 5.68. The quantitative estimate of drug-likeness (QED) is 0.776. The van der Waals surface area contributed by atoms with Crippen molar-refractivity contribution in [3.8, 4) is 5.75 Å². The van der Waals surface area contributed by atoms with Crippen molar-refractivity contribution in [2.24, 2.45) is 5.92 Å². The molecule has 0 radical (unpaired) electrons. The van der Waals surface area contributed by atoms with E-state index in [1.165, 1.54) is 5.56 Å². The summed E-state index contributed by atoms with van der Waals surface area (Å²) in [4.78, 5) is 27.0. The number of methoxy groups -OCH3 is 1. The predicted molar refractivity (Wildman–Crippen MR) is 115 cm³/mol. The molecule has 2 amide bonds. The summed E-state index contributed by atoms with van der Waals surface area (Å²) in [6.07, 6.45) is 1.22. The Bertz CT molecular complexity index is 891. The maximum atomic E-state index is 12.6. The number of carbonyl (C=O) groups is 2. The number of aryl methyl sites for hydroxylation is 1. The van der Waals surface area contributed by atoms with Crippen LogP contribution in [0, 0.1) is 12.8 Å². The average Bonchev–Trinajstić information content (AvgIpc) is 3.14. The number of hydrogen-bond acceptors (Lipinski definition) is 3. The summed E-state index contributed by atoms with van der Waals surface area (Å²) in [5.74, 6) is 1.07. The molecule has 1 N–H and O–H groups in total. The molecular formula is C24H30N2O3. The van der Waals surface area contributed by atoms with E-state index in [1.807, 2.05) is 43.3 Å². The van der Waals surface area contributed by atoms with Gasteiger partial charge in [-0.1, -0.05) is 44.2 Å². The van der Waals surface area contributed by atoms with Crippen LogP contribution in [0.3, 0.4) is 0 Å². The zero-order chi connectivity index (χ0) is 21.0. The first-order chi connectivity index (χ1) is 13.9. The van der Waals surface area contributed by atoms with Gasteiger partial charge in [0.1, 0.15) is 5.75 Å². The molecule has 0 spiro atoms. The summed E-state index contributed by atoms with van der Waals surface area (Å²) in [6, 6.07) is 14.0. The van der Waals surface area contributed by atoms with Crippen molar-refractivity contribution in [2.75, 3.05) is 25.1 Å². The predicted octanol–water partition coefficient (Wildman–Crippen LogP) is 3.84. The summed E-state index contributed by atoms with van der Waals surface area (Å²) in [6.45, 7) is 6.94. The standard InChI is InChI=1S/C24H30N2O3/c1-16(2)20(19-9-10-22(29-4)17(3)13-19)14-23(27)25-15-24(28)26-12-11-18-7-5-6-8-21(18)26/h5-10,13,16,20H,11-12,14-15H2,1-4H3,(H,25,27). The fourth-order valence-electron chi connectivity index (χ4n) is 4.01. The molecule has 1 atom stereocenters. The molecule has 1 heterocycles. The van der Waals surface area contributed by atoms with Crippen LogP contribution >= 0.6 is 0 Å². The highest BCUT2D eigenvalue weighted by Crippen LogP contribution is 2.31. The van der Waals surface area contributed by atoms with Crippen molar-refractivity contribution in [1.82, 2.24) is 5.32 Å². The highest BCUT2D eigenvalue weighted by Gasteiger charge is 2.25. The Morgan fingerprint density at radius 2 is 1.93 bits per heavy atom. The molecule has 154 valence electrons. The monoisotopic (exact) mass is 394 g/mol. The van der Waals surface area contributed by atoms with Crippen molar-refractivity contribution in [2.45, 2.75) is 39.5 Å². The number of ether oxygens (including phenoxy) is 1. The van der Waals surface area contributed by atoms with Gasteiger partial charge in [0.25, 0.3) is 0 Å². The molecule has 2 aromatic carbocycles. The van der Waals surface area contributed by atoms with E-state index in [0.29, 0.717) is 18.9 Å². The van der Waals surface area contributed by atoms with Gasteiger partial charge in [-0.25, -0.2) is 0 Å². The lowest BCUT2D eigenvalue weighted by molar-refractivity contribution is -0.125. The molecule has 1 aliphatic rings. The minimum Gasteiger partial charge on any atom is -0.496 e. The first kappa shape index (κ1) is 20.9. The molecule has 5 nitrogen and oxygen atoms in total. The summed E-state index contributed by atoms with van der Waals surface area (Å²) < 4.78 is 5.34. The van der Waals surface area contributed by atoms with Crippen LogP contribution in [0.1, 0.15) is 42.9 Å². The zero-order valence-electron chi connectivity index (χ0n) is 17.7. The molecule has 0 saturated heterocycles. The molecule has 0 aliphatic carbocycles. The van der Waals surface area contributed by atoms with Gasteiger partial charge < -0.3 is 15.0 Å². The van der Waals surface area contributed by atoms with E-state index in [-0.39, 0.29) is 24.3 Å². The Morgan fingerprint density at radius 3 is 2.62 bits per heavy atom. The van der Waals surface area contributed by atoms with E-state index >= 15 is 0 Å². The van der Waals surface area contributed by atoms with E-state index in [9.17, 15) is 9.59 Å². The number of nitrogens with one attached hydrogen (secondary N) is 1. The molecule has 1 unspecified atom stereocenters. The van der Waals surface area contributed by atoms with Crippen molar-refractivity contribution in [3.63, 3.8) is 0 Å². The Balaban J connectivity index is 1.60. The van der Waals surface area contributed by atoms with E-state index < -0.39 is 0 Å². The first-order valence-electron chi connectivity index (χ1n) is 10.2. The fraction of sp³-hybridized carbons (Fsp3) is 0.417. The molecule has 0 bridgehead atoms. The van der Waals surface area contributed by atoms with Crippen LogP contribution in [0.5, 0.6) is 5.75 Å². The van der Waals surface area contributed by atoms with Crippen LogP contribution in [0.4, 0.5) is 5.69 Å². The second kappa shape index (κ2) is 9.12. The van der Waals surface area contributed by atoms with Gasteiger partial charge in [0.2, 0.25) is 11.8 Å². The Labute approximate surface area is 173 Å². The molecular weight excluding hydrogens is 364 g/mol. The number of hydrogen-bond donors (Lipinski definition) is 1. The van der Waals surface area contributed by atoms with Gasteiger partial charge in [0, 0.05) is 18.7 Å². The minimum absolute atomic E-state index is 0.0274. The van der Waals surface area contributed by atoms with Gasteiger partial charge in [0.05, 0.1) is 13.7 Å². The zero-order valence-corrected chi connectivity index (χ0v) is 17.7. The third-order valence-electron chi connectivity index (χ3n) is 5.68. The van der Waals surface area contributed by atoms with Crippen molar-refractivity contribution < 1.29 is 14.3 Å². The summed E-state index contributed by atoms with van der Waals surface area (Å²) in [7, 11) is 1.66. The molecule has 1 aliphatic heterocycles. The van der Waals surface area contributed by atoms with Crippen LogP contribution in [-0.4, -0.2) is 32.0 Å². The third kappa shape index (κ3) is 4.78. The normalized spacial score (nSPS) is 13.9. The van der Waals surface area contributed by atoms with Gasteiger partial charge in [-0.05, 0) is 54.0 Å². The lowest BCUT2D eigenvalue weighted by atomic mass is 9.85. The number of nitrogens with zero attached hydrogens (tertiary/aromatic N) is 1. The number of rotatable bonds is 7. The summed E-state index contributed by atoms with van der Waals surface area (Å²) >= 11 is 0. The molecule has 2 aromatic rings. The number of para-hydroxylation sites is 1. The number of fused-ring (bicyclic) bond motifs is 1. The molecule has 0 aromatic heterocycles. The summed E-state index contributed by atoms with van der Waals surface area (Å²) in [5.41, 5.74) is 4.31. The Morgan fingerprint density at radius 1 is 1.17 bits per heavy atom. The average molecular weight is 395 g/mol. The van der Waals surface area contributed by atoms with Crippen molar-refractivity contribution >= 4 is 17.5 Å². The minimum atomic E-state index is -0.0991. The highest BCUT2D eigenvalue weighted by molar-refractivity contribution is 5.98. The fourth-order valence-corrected chi connectivity index (χ4v) is 4.01. The molecule has 5 heteroatoms. The van der Waals surface area contributed by atoms with Crippen LogP contribution in [0.2, 0.25) is 0 Å². The maximum absolute atomic E-state index is 12.6. The SMILES string of the molecule is COc1ccc(C(CC(=O)NCC(=O)N2CCc3ccccc32)C(C)C)cc1C. The second-order valence-electron chi connectivity index (χ2n) is 7.98. The van der Waals surface area contributed by atoms with Gasteiger partial charge in [-0.3, -0.25) is 9.59 Å². The van der Waals surface area contributed by atoms with Crippen LogP contribution in [0.15, 0.2) is 42.5 Å². The lowest BCUT2D eigenvalue weighted by Gasteiger charge is -2.22. The first-order valence-corrected chi connectivity index (χ1v) is 10.2. The van der Waals surface area contributed by atoms with Crippen LogP contribution in [0.25, 0.3) is 0 Å². The van der Waals surface area contributed by atoms with Gasteiger partial charge in [0.15, 0.2) is 0 Å². The second-order valence-corrected chi connectivity index (χ2v) is 7.98. The lowest BCUT2D eigenvalue weighted by Crippen LogP contribution is -2.39. The Kier molecular flexibility index (Phi) is 6.57. The smallest absolute Gasteiger partial charge is 0.246 e. The molecule has 0 fully saturated rings. The van der Waals surface area contributed by atoms with Gasteiger partial charge >= 0.3 is 0 Å². The van der Waals surface area contributed by atoms with Gasteiger partial charge in [-0.2, -0.15) is 0 Å². The number of anilines is 1. The van der Waals surface area contributed by atoms with E-state index in [0.717, 1.165) is 29.0 Å². The molecule has 0 saturated carbocycles. The van der Waals surface area contributed by atoms with Gasteiger partial charge in [-0.15, -0.1) is 0 Å². The maximum Gasteiger partial charge on any atom is 0.246 e. The van der Waals surface area contributed by atoms with Crippen LogP contribution in [-0.2, 0) is 16.0 Å². The van der Waals surface area contributed by atoms with E-state index in [2.05, 4.69) is 25.2 Å². The van der Waals surface area contributed by atoms with E-state index in [1.54, 1.807) is 12.0 Å². The summed E-state index contributed by atoms with van der Waals surface area (Å²) in [5, 5.41) is 2.83. The van der Waals surface area contributed by atoms with E-state index in [4.69, 9.17) is 4.74 Å². The van der Waals surface area contributed by atoms with Crippen LogP contribution < -0.4 is 15.0 Å². The number of benzene rings is 2. The van der Waals surface area contributed by atoms with Crippen molar-refractivity contribution in [1.29, 1.82) is 0 Å². The van der Waals surface area contributed by atoms with Crippen molar-refractivity contribution in [3.05, 3.63) is 59.2 Å².